The molecule has 0 unspecified atom stereocenters. The number of nitrogens with zero attached hydrogens (tertiary/aromatic N) is 1. The Kier molecular flexibility index (Phi) is 8.19. The molecule has 0 aliphatic carbocycles. The second kappa shape index (κ2) is 14.1. The van der Waals surface area contributed by atoms with Crippen molar-refractivity contribution in [2.75, 3.05) is 4.90 Å². The van der Waals surface area contributed by atoms with Crippen molar-refractivity contribution >= 4 is 60.5 Å². The molecule has 2 heteroatoms. The fourth-order valence-electron chi connectivity index (χ4n) is 8.74. The van der Waals surface area contributed by atoms with Crippen LogP contribution in [0.4, 0.5) is 17.1 Å². The third-order valence-corrected chi connectivity index (χ3v) is 11.5. The topological polar surface area (TPSA) is 16.4 Å². The van der Waals surface area contributed by atoms with E-state index in [1.54, 1.807) is 0 Å². The molecule has 272 valence electrons. The van der Waals surface area contributed by atoms with E-state index in [0.29, 0.717) is 0 Å². The zero-order chi connectivity index (χ0) is 38.4. The van der Waals surface area contributed by atoms with Gasteiger partial charge in [0.2, 0.25) is 0 Å². The molecule has 0 atom stereocenters. The van der Waals surface area contributed by atoms with Gasteiger partial charge in [-0.15, -0.1) is 0 Å². The normalized spacial score (nSPS) is 11.4. The standard InChI is InChI=1S/C56H37NO/c1-3-15-38(16-4-1)42-19-13-20-43(37-42)39-29-33-44(34-30-39)57(45-35-31-40(32-36-45)46-26-14-27-52-49-23-11-12-28-53(49)58-56(46)52)55-51-25-10-8-22-48(51)47-21-7-9-24-50(47)54(55)41-17-5-2-6-18-41/h1-37H. The number of para-hydroxylation sites is 2. The average molecular weight is 740 g/mol. The molecule has 0 N–H and O–H groups in total. The lowest BCUT2D eigenvalue weighted by atomic mass is 9.90. The summed E-state index contributed by atoms with van der Waals surface area (Å²) in [5, 5.41) is 7.13. The Labute approximate surface area is 337 Å². The number of anilines is 3. The van der Waals surface area contributed by atoms with E-state index >= 15 is 0 Å². The first-order valence-electron chi connectivity index (χ1n) is 19.8. The van der Waals surface area contributed by atoms with Crippen molar-refractivity contribution in [1.82, 2.24) is 0 Å². The zero-order valence-corrected chi connectivity index (χ0v) is 31.7. The molecule has 0 bridgehead atoms. The van der Waals surface area contributed by atoms with E-state index in [1.807, 2.05) is 12.1 Å². The Bertz CT molecular complexity index is 3250. The highest BCUT2D eigenvalue weighted by Crippen LogP contribution is 2.50. The van der Waals surface area contributed by atoms with Crippen molar-refractivity contribution in [2.24, 2.45) is 0 Å². The first kappa shape index (κ1) is 33.6. The highest BCUT2D eigenvalue weighted by molar-refractivity contribution is 6.22. The van der Waals surface area contributed by atoms with Crippen molar-refractivity contribution in [1.29, 1.82) is 0 Å². The summed E-state index contributed by atoms with van der Waals surface area (Å²) in [6.07, 6.45) is 0. The molecule has 0 aliphatic rings. The molecule has 11 rings (SSSR count). The molecule has 11 aromatic rings. The molecule has 1 aromatic heterocycles. The van der Waals surface area contributed by atoms with E-state index in [-0.39, 0.29) is 0 Å². The maximum Gasteiger partial charge on any atom is 0.143 e. The van der Waals surface area contributed by atoms with Crippen LogP contribution in [0.1, 0.15) is 0 Å². The number of fused-ring (bicyclic) bond motifs is 6. The third-order valence-electron chi connectivity index (χ3n) is 11.5. The lowest BCUT2D eigenvalue weighted by molar-refractivity contribution is 0.670. The van der Waals surface area contributed by atoms with E-state index in [4.69, 9.17) is 4.42 Å². The molecule has 0 radical (unpaired) electrons. The fraction of sp³-hybridized carbons (Fsp3) is 0. The van der Waals surface area contributed by atoms with Gasteiger partial charge in [-0.25, -0.2) is 0 Å². The lowest BCUT2D eigenvalue weighted by Gasteiger charge is -2.31. The lowest BCUT2D eigenvalue weighted by Crippen LogP contribution is -2.12. The van der Waals surface area contributed by atoms with E-state index in [0.717, 1.165) is 50.1 Å². The van der Waals surface area contributed by atoms with Crippen molar-refractivity contribution in [2.45, 2.75) is 0 Å². The summed E-state index contributed by atoms with van der Waals surface area (Å²) in [5.41, 5.74) is 14.4. The maximum absolute atomic E-state index is 6.48. The monoisotopic (exact) mass is 739 g/mol. The highest BCUT2D eigenvalue weighted by atomic mass is 16.3. The van der Waals surface area contributed by atoms with Gasteiger partial charge in [0.05, 0.1) is 5.69 Å². The summed E-state index contributed by atoms with van der Waals surface area (Å²) in [7, 11) is 0. The van der Waals surface area contributed by atoms with E-state index in [9.17, 15) is 0 Å². The summed E-state index contributed by atoms with van der Waals surface area (Å²) >= 11 is 0. The van der Waals surface area contributed by atoms with Gasteiger partial charge in [0.25, 0.3) is 0 Å². The van der Waals surface area contributed by atoms with Crippen LogP contribution < -0.4 is 4.90 Å². The van der Waals surface area contributed by atoms with Gasteiger partial charge in [0.15, 0.2) is 0 Å². The second-order valence-corrected chi connectivity index (χ2v) is 14.8. The molecule has 1 heterocycles. The summed E-state index contributed by atoms with van der Waals surface area (Å²) in [6, 6.07) is 80.7. The number of hydrogen-bond donors (Lipinski definition) is 0. The van der Waals surface area contributed by atoms with Gasteiger partial charge in [-0.05, 0) is 85.9 Å². The van der Waals surface area contributed by atoms with Crippen LogP contribution in [-0.2, 0) is 0 Å². The van der Waals surface area contributed by atoms with Crippen LogP contribution in [0.15, 0.2) is 229 Å². The molecule has 58 heavy (non-hydrogen) atoms. The van der Waals surface area contributed by atoms with Gasteiger partial charge < -0.3 is 9.32 Å². The molecule has 10 aromatic carbocycles. The zero-order valence-electron chi connectivity index (χ0n) is 31.7. The van der Waals surface area contributed by atoms with Crippen LogP contribution in [0.25, 0.3) is 88.0 Å². The van der Waals surface area contributed by atoms with Crippen LogP contribution in [-0.4, -0.2) is 0 Å². The predicted octanol–water partition coefficient (Wildman–Crippen LogP) is 16.0. The fourth-order valence-corrected chi connectivity index (χ4v) is 8.74. The van der Waals surface area contributed by atoms with Crippen LogP contribution >= 0.6 is 0 Å². The number of furan rings is 1. The molecule has 0 spiro atoms. The average Bonchev–Trinajstić information content (AvgIpc) is 3.69. The van der Waals surface area contributed by atoms with Crippen LogP contribution in [0.5, 0.6) is 0 Å². The van der Waals surface area contributed by atoms with E-state index in [1.165, 1.54) is 54.9 Å². The summed E-state index contributed by atoms with van der Waals surface area (Å²) < 4.78 is 6.48. The van der Waals surface area contributed by atoms with E-state index < -0.39 is 0 Å². The summed E-state index contributed by atoms with van der Waals surface area (Å²) in [5.74, 6) is 0. The van der Waals surface area contributed by atoms with Gasteiger partial charge in [-0.1, -0.05) is 188 Å². The predicted molar refractivity (Wildman–Crippen MR) is 245 cm³/mol. The smallest absolute Gasteiger partial charge is 0.143 e. The maximum atomic E-state index is 6.48. The molecule has 0 amide bonds. The van der Waals surface area contributed by atoms with Crippen LogP contribution in [0.2, 0.25) is 0 Å². The van der Waals surface area contributed by atoms with Crippen LogP contribution in [0.3, 0.4) is 0 Å². The minimum atomic E-state index is 0.902. The van der Waals surface area contributed by atoms with Crippen molar-refractivity contribution < 1.29 is 4.42 Å². The number of rotatable bonds is 7. The molecule has 0 saturated heterocycles. The third kappa shape index (κ3) is 5.74. The first-order valence-corrected chi connectivity index (χ1v) is 19.8. The van der Waals surface area contributed by atoms with Gasteiger partial charge in [-0.3, -0.25) is 0 Å². The molecule has 0 saturated carbocycles. The highest BCUT2D eigenvalue weighted by Gasteiger charge is 2.24. The van der Waals surface area contributed by atoms with Crippen molar-refractivity contribution in [3.63, 3.8) is 0 Å². The van der Waals surface area contributed by atoms with Crippen molar-refractivity contribution in [3.8, 4) is 44.5 Å². The summed E-state index contributed by atoms with van der Waals surface area (Å²) in [6.45, 7) is 0. The van der Waals surface area contributed by atoms with Gasteiger partial charge in [0, 0.05) is 38.7 Å². The first-order chi connectivity index (χ1) is 28.8. The molecular formula is C56H37NO. The summed E-state index contributed by atoms with van der Waals surface area (Å²) in [4.78, 5) is 2.45. The Morgan fingerprint density at radius 1 is 0.293 bits per heavy atom. The van der Waals surface area contributed by atoms with Crippen LogP contribution in [0, 0.1) is 0 Å². The number of hydrogen-bond acceptors (Lipinski definition) is 2. The van der Waals surface area contributed by atoms with E-state index in [2.05, 4.69) is 217 Å². The largest absolute Gasteiger partial charge is 0.455 e. The second-order valence-electron chi connectivity index (χ2n) is 14.8. The Balaban J connectivity index is 1.12. The molecule has 0 aliphatic heterocycles. The number of benzene rings is 10. The van der Waals surface area contributed by atoms with Gasteiger partial charge >= 0.3 is 0 Å². The molecular weight excluding hydrogens is 703 g/mol. The van der Waals surface area contributed by atoms with Gasteiger partial charge in [-0.2, -0.15) is 0 Å². The Morgan fingerprint density at radius 2 is 0.759 bits per heavy atom. The minimum absolute atomic E-state index is 0.902. The Hall–Kier alpha value is -7.68. The molecule has 2 nitrogen and oxygen atoms in total. The SMILES string of the molecule is c1ccc(-c2cccc(-c3ccc(N(c4ccc(-c5cccc6c5oc5ccccc56)cc4)c4c(-c5ccccc5)c5ccccc5c5ccccc45)cc3)c2)cc1. The van der Waals surface area contributed by atoms with Crippen molar-refractivity contribution in [3.05, 3.63) is 224 Å². The molecule has 0 fully saturated rings. The van der Waals surface area contributed by atoms with Gasteiger partial charge in [0.1, 0.15) is 11.2 Å². The Morgan fingerprint density at radius 3 is 1.43 bits per heavy atom. The minimum Gasteiger partial charge on any atom is -0.455 e. The quantitative estimate of drug-likeness (QED) is 0.151.